The Kier molecular flexibility index (Phi) is 6.92. The first-order valence-corrected chi connectivity index (χ1v) is 12.1. The molecule has 2 amide bonds. The fourth-order valence-electron chi connectivity index (χ4n) is 5.16. The van der Waals surface area contributed by atoms with E-state index in [4.69, 9.17) is 4.74 Å². The molecule has 0 bridgehead atoms. The first-order chi connectivity index (χ1) is 17.4. The highest BCUT2D eigenvalue weighted by Gasteiger charge is 2.71. The van der Waals surface area contributed by atoms with E-state index in [-0.39, 0.29) is 36.4 Å². The molecule has 1 N–H and O–H groups in total. The molecular weight excluding hydrogens is 485 g/mol. The van der Waals surface area contributed by atoms with Crippen LogP contribution in [0.4, 0.5) is 13.2 Å². The Balaban J connectivity index is 1.75. The highest BCUT2D eigenvalue weighted by atomic mass is 19.4. The minimum Gasteiger partial charge on any atom is -0.497 e. The molecule has 2 aromatic carbocycles. The van der Waals surface area contributed by atoms with Crippen molar-refractivity contribution in [3.63, 3.8) is 0 Å². The predicted molar refractivity (Wildman–Crippen MR) is 131 cm³/mol. The van der Waals surface area contributed by atoms with Gasteiger partial charge in [0.1, 0.15) is 5.75 Å². The second kappa shape index (κ2) is 9.68. The molecule has 0 saturated heterocycles. The number of methoxy groups -OCH3 is 1. The number of rotatable bonds is 7. The van der Waals surface area contributed by atoms with Crippen molar-refractivity contribution < 1.29 is 32.3 Å². The Labute approximate surface area is 213 Å². The summed E-state index contributed by atoms with van der Waals surface area (Å²) in [5, 5.41) is 1.96. The fourth-order valence-corrected chi connectivity index (χ4v) is 5.16. The van der Waals surface area contributed by atoms with E-state index >= 15 is 0 Å². The van der Waals surface area contributed by atoms with Crippen LogP contribution in [-0.2, 0) is 16.0 Å². The number of hydrogen-bond donors (Lipinski definition) is 1. The molecule has 37 heavy (non-hydrogen) atoms. The van der Waals surface area contributed by atoms with Gasteiger partial charge in [-0.1, -0.05) is 50.2 Å². The van der Waals surface area contributed by atoms with Crippen molar-refractivity contribution in [3.8, 4) is 5.75 Å². The zero-order valence-electron chi connectivity index (χ0n) is 20.9. The van der Waals surface area contributed by atoms with Crippen LogP contribution in [0, 0.1) is 5.41 Å². The topological polar surface area (TPSA) is 75.7 Å². The quantitative estimate of drug-likeness (QED) is 0.574. The van der Waals surface area contributed by atoms with Gasteiger partial charge in [0.2, 0.25) is 5.54 Å². The number of aryl methyl sites for hydroxylation is 1. The van der Waals surface area contributed by atoms with Crippen molar-refractivity contribution in [3.05, 3.63) is 77.0 Å². The molecule has 196 valence electrons. The molecule has 0 radical (unpaired) electrons. The molecule has 1 atom stereocenters. The van der Waals surface area contributed by atoms with Gasteiger partial charge in [-0.15, -0.1) is 0 Å². The number of nitrogens with one attached hydrogen (secondary N) is 1. The first-order valence-electron chi connectivity index (χ1n) is 12.1. The van der Waals surface area contributed by atoms with E-state index in [1.165, 1.54) is 25.3 Å². The van der Waals surface area contributed by atoms with Crippen LogP contribution in [0.5, 0.6) is 5.75 Å². The zero-order valence-corrected chi connectivity index (χ0v) is 20.9. The maximum absolute atomic E-state index is 14.9. The predicted octanol–water partition coefficient (Wildman–Crippen LogP) is 4.84. The van der Waals surface area contributed by atoms with Gasteiger partial charge in [0.05, 0.1) is 12.7 Å². The summed E-state index contributed by atoms with van der Waals surface area (Å²) >= 11 is 0. The Morgan fingerprint density at radius 1 is 1.05 bits per heavy atom. The Morgan fingerprint density at radius 2 is 1.76 bits per heavy atom. The molecular formula is C28H29F3N2O4. The number of Topliss-reactive ketones (excluding diaryl/α,β-unsaturated/α-hetero) is 1. The SMILES string of the molecule is COc1cccc(C(=O)N[C@@]2(C(F)(F)F)C(=O)N(CCCc3ccccc3)C3=C2C(=O)CC(C)(C)C3)c1. The number of allylic oxidation sites excluding steroid dienone is 1. The largest absolute Gasteiger partial charge is 0.497 e. The summed E-state index contributed by atoms with van der Waals surface area (Å²) in [5.74, 6) is -2.99. The van der Waals surface area contributed by atoms with Gasteiger partial charge < -0.3 is 15.0 Å². The Hall–Kier alpha value is -3.62. The highest BCUT2D eigenvalue weighted by Crippen LogP contribution is 2.51. The summed E-state index contributed by atoms with van der Waals surface area (Å²) in [6.07, 6.45) is -4.37. The third-order valence-corrected chi connectivity index (χ3v) is 6.87. The monoisotopic (exact) mass is 514 g/mol. The van der Waals surface area contributed by atoms with E-state index in [1.54, 1.807) is 19.9 Å². The van der Waals surface area contributed by atoms with Gasteiger partial charge in [0.15, 0.2) is 5.78 Å². The van der Waals surface area contributed by atoms with E-state index in [0.29, 0.717) is 12.8 Å². The molecule has 4 rings (SSSR count). The molecule has 6 nitrogen and oxygen atoms in total. The van der Waals surface area contributed by atoms with Crippen molar-refractivity contribution in [2.24, 2.45) is 5.41 Å². The number of alkyl halides is 3. The van der Waals surface area contributed by atoms with E-state index in [9.17, 15) is 27.6 Å². The minimum absolute atomic E-state index is 0.0111. The fraction of sp³-hybridized carbons (Fsp3) is 0.393. The molecule has 1 aliphatic carbocycles. The standard InChI is InChI=1S/C28H29F3N2O4/c1-26(2)16-21-23(22(34)17-26)27(28(29,30)31,32-24(35)19-12-7-13-20(15-19)37-3)25(36)33(21)14-8-11-18-9-5-4-6-10-18/h4-7,9-10,12-13,15H,8,11,14,16-17H2,1-3H3,(H,32,35)/t27-/m1/s1. The minimum atomic E-state index is -5.25. The summed E-state index contributed by atoms with van der Waals surface area (Å²) in [6, 6.07) is 15.0. The highest BCUT2D eigenvalue weighted by molar-refractivity contribution is 6.14. The number of amides is 2. The molecule has 0 unspecified atom stereocenters. The van der Waals surface area contributed by atoms with Crippen LogP contribution in [-0.4, -0.2) is 47.9 Å². The molecule has 0 aromatic heterocycles. The Bertz CT molecular complexity index is 1250. The van der Waals surface area contributed by atoms with Gasteiger partial charge in [-0.3, -0.25) is 14.4 Å². The number of nitrogens with zero attached hydrogens (tertiary/aromatic N) is 1. The zero-order chi connectivity index (χ0) is 27.0. The van der Waals surface area contributed by atoms with Crippen LogP contribution in [0.25, 0.3) is 0 Å². The molecule has 9 heteroatoms. The number of ether oxygens (including phenoxy) is 1. The van der Waals surface area contributed by atoms with Crippen LogP contribution in [0.2, 0.25) is 0 Å². The Morgan fingerprint density at radius 3 is 2.41 bits per heavy atom. The van der Waals surface area contributed by atoms with Gasteiger partial charge in [-0.05, 0) is 48.4 Å². The number of halogens is 3. The van der Waals surface area contributed by atoms with Crippen molar-refractivity contribution in [2.75, 3.05) is 13.7 Å². The molecule has 2 aliphatic rings. The van der Waals surface area contributed by atoms with Gasteiger partial charge in [-0.2, -0.15) is 13.2 Å². The lowest BCUT2D eigenvalue weighted by Crippen LogP contribution is -2.66. The van der Waals surface area contributed by atoms with E-state index in [2.05, 4.69) is 0 Å². The summed E-state index contributed by atoms with van der Waals surface area (Å²) in [6.45, 7) is 3.55. The first kappa shape index (κ1) is 26.4. The maximum atomic E-state index is 14.9. The van der Waals surface area contributed by atoms with E-state index in [0.717, 1.165) is 10.5 Å². The molecule has 0 fully saturated rings. The lowest BCUT2D eigenvalue weighted by atomic mass is 9.72. The normalized spacial score (nSPS) is 21.2. The number of ketones is 1. The van der Waals surface area contributed by atoms with Crippen LogP contribution in [0.15, 0.2) is 65.9 Å². The summed E-state index contributed by atoms with van der Waals surface area (Å²) in [5.41, 5.74) is -3.85. The molecule has 1 aliphatic heterocycles. The summed E-state index contributed by atoms with van der Waals surface area (Å²) in [7, 11) is 1.36. The average Bonchev–Trinajstić information content (AvgIpc) is 3.07. The molecule has 0 spiro atoms. The van der Waals surface area contributed by atoms with Gasteiger partial charge >= 0.3 is 6.18 Å². The lowest BCUT2D eigenvalue weighted by molar-refractivity contribution is -0.190. The van der Waals surface area contributed by atoms with Crippen molar-refractivity contribution in [2.45, 2.75) is 51.2 Å². The number of benzene rings is 2. The van der Waals surface area contributed by atoms with Crippen molar-refractivity contribution in [1.29, 1.82) is 0 Å². The summed E-state index contributed by atoms with van der Waals surface area (Å²) < 4.78 is 49.8. The van der Waals surface area contributed by atoms with Crippen LogP contribution < -0.4 is 10.1 Å². The van der Waals surface area contributed by atoms with Gasteiger partial charge in [0.25, 0.3) is 11.8 Å². The van der Waals surface area contributed by atoms with Crippen LogP contribution in [0.3, 0.4) is 0 Å². The lowest BCUT2D eigenvalue weighted by Gasteiger charge is -2.35. The maximum Gasteiger partial charge on any atom is 0.425 e. The van der Waals surface area contributed by atoms with Crippen molar-refractivity contribution >= 4 is 17.6 Å². The molecule has 0 saturated carbocycles. The molecule has 2 aromatic rings. The van der Waals surface area contributed by atoms with E-state index in [1.807, 2.05) is 35.6 Å². The number of hydrogen-bond acceptors (Lipinski definition) is 4. The number of carbonyl (C=O) groups is 3. The van der Waals surface area contributed by atoms with Crippen LogP contribution in [0.1, 0.15) is 49.0 Å². The van der Waals surface area contributed by atoms with Crippen molar-refractivity contribution in [1.82, 2.24) is 10.2 Å². The van der Waals surface area contributed by atoms with Crippen LogP contribution >= 0.6 is 0 Å². The number of carbonyl (C=O) groups excluding carboxylic acids is 3. The second-order valence-corrected chi connectivity index (χ2v) is 10.2. The van der Waals surface area contributed by atoms with Gasteiger partial charge in [0, 0.05) is 24.2 Å². The smallest absolute Gasteiger partial charge is 0.425 e. The molecule has 1 heterocycles. The third kappa shape index (κ3) is 4.86. The summed E-state index contributed by atoms with van der Waals surface area (Å²) in [4.78, 5) is 41.1. The van der Waals surface area contributed by atoms with E-state index < -0.39 is 40.3 Å². The van der Waals surface area contributed by atoms with Gasteiger partial charge in [-0.25, -0.2) is 0 Å². The second-order valence-electron chi connectivity index (χ2n) is 10.2. The average molecular weight is 515 g/mol. The third-order valence-electron chi connectivity index (χ3n) is 6.87.